The van der Waals surface area contributed by atoms with E-state index in [1.807, 2.05) is 0 Å². The average molecular weight is 202 g/mol. The molecule has 6 nitrogen and oxygen atoms in total. The number of ether oxygens (including phenoxy) is 2. The third-order valence-electron chi connectivity index (χ3n) is 2.09. The highest BCUT2D eigenvalue weighted by Crippen LogP contribution is 2.02. The van der Waals surface area contributed by atoms with Crippen molar-refractivity contribution in [2.75, 3.05) is 33.9 Å². The number of piperazine rings is 1. The average Bonchev–Trinajstić information content (AvgIpc) is 2.27. The van der Waals surface area contributed by atoms with Crippen LogP contribution in [0, 0.1) is 0 Å². The lowest BCUT2D eigenvalue weighted by atomic mass is 10.2. The fourth-order valence-electron chi connectivity index (χ4n) is 1.35. The standard InChI is InChI=1S/C8H14N2O4/c1-13-7(11)6-5-10(4-3-9-6)8(12)14-2/h6,9H,3-5H2,1-2H3/t6-/m1/s1. The number of hydrogen-bond acceptors (Lipinski definition) is 5. The normalized spacial score (nSPS) is 21.6. The molecule has 0 saturated carbocycles. The Morgan fingerprint density at radius 2 is 2.07 bits per heavy atom. The van der Waals surface area contributed by atoms with Gasteiger partial charge in [-0.2, -0.15) is 0 Å². The molecule has 1 aliphatic heterocycles. The molecule has 0 aromatic heterocycles. The Balaban J connectivity index is 2.51. The number of nitrogens with zero attached hydrogens (tertiary/aromatic N) is 1. The van der Waals surface area contributed by atoms with Gasteiger partial charge in [0.05, 0.1) is 20.8 Å². The minimum Gasteiger partial charge on any atom is -0.468 e. The molecule has 6 heteroatoms. The molecule has 0 aromatic carbocycles. The van der Waals surface area contributed by atoms with Crippen LogP contribution in [0.2, 0.25) is 0 Å². The van der Waals surface area contributed by atoms with E-state index in [0.29, 0.717) is 19.6 Å². The Hall–Kier alpha value is -1.30. The first-order valence-corrected chi connectivity index (χ1v) is 4.33. The molecule has 0 aliphatic carbocycles. The Morgan fingerprint density at radius 3 is 2.64 bits per heavy atom. The summed E-state index contributed by atoms with van der Waals surface area (Å²) < 4.78 is 9.13. The summed E-state index contributed by atoms with van der Waals surface area (Å²) >= 11 is 0. The summed E-state index contributed by atoms with van der Waals surface area (Å²) in [6.07, 6.45) is -0.416. The van der Waals surface area contributed by atoms with Crippen LogP contribution >= 0.6 is 0 Å². The molecule has 1 atom stereocenters. The molecule has 1 rings (SSSR count). The number of methoxy groups -OCH3 is 2. The van der Waals surface area contributed by atoms with E-state index in [1.54, 1.807) is 0 Å². The van der Waals surface area contributed by atoms with E-state index >= 15 is 0 Å². The zero-order valence-corrected chi connectivity index (χ0v) is 8.28. The highest BCUT2D eigenvalue weighted by molar-refractivity contribution is 5.77. The lowest BCUT2D eigenvalue weighted by Crippen LogP contribution is -2.56. The van der Waals surface area contributed by atoms with E-state index in [1.165, 1.54) is 19.1 Å². The fraction of sp³-hybridized carbons (Fsp3) is 0.750. The van der Waals surface area contributed by atoms with Gasteiger partial charge in [0.2, 0.25) is 0 Å². The topological polar surface area (TPSA) is 67.9 Å². The summed E-state index contributed by atoms with van der Waals surface area (Å²) in [5, 5.41) is 2.95. The lowest BCUT2D eigenvalue weighted by molar-refractivity contribution is -0.144. The molecule has 1 N–H and O–H groups in total. The van der Waals surface area contributed by atoms with Crippen molar-refractivity contribution in [2.45, 2.75) is 6.04 Å². The Kier molecular flexibility index (Phi) is 3.70. The van der Waals surface area contributed by atoms with Crippen LogP contribution in [0.1, 0.15) is 0 Å². The predicted octanol–water partition coefficient (Wildman–Crippen LogP) is -0.800. The molecule has 14 heavy (non-hydrogen) atoms. The molecule has 0 spiro atoms. The van der Waals surface area contributed by atoms with Gasteiger partial charge in [0.25, 0.3) is 0 Å². The second-order valence-electron chi connectivity index (χ2n) is 2.95. The van der Waals surface area contributed by atoms with E-state index in [-0.39, 0.29) is 5.97 Å². The third-order valence-corrected chi connectivity index (χ3v) is 2.09. The first kappa shape index (κ1) is 10.8. The van der Waals surface area contributed by atoms with Crippen molar-refractivity contribution in [1.82, 2.24) is 10.2 Å². The van der Waals surface area contributed by atoms with Crippen LogP contribution in [0.4, 0.5) is 4.79 Å². The van der Waals surface area contributed by atoms with Gasteiger partial charge < -0.3 is 19.7 Å². The molecule has 1 heterocycles. The van der Waals surface area contributed by atoms with E-state index < -0.39 is 12.1 Å². The van der Waals surface area contributed by atoms with Gasteiger partial charge in [-0.15, -0.1) is 0 Å². The van der Waals surface area contributed by atoms with Crippen LogP contribution in [-0.4, -0.2) is 56.9 Å². The molecular formula is C8H14N2O4. The second-order valence-corrected chi connectivity index (χ2v) is 2.95. The van der Waals surface area contributed by atoms with Crippen LogP contribution in [0.25, 0.3) is 0 Å². The van der Waals surface area contributed by atoms with Gasteiger partial charge in [0.15, 0.2) is 0 Å². The summed E-state index contributed by atoms with van der Waals surface area (Å²) in [5.74, 6) is -0.362. The van der Waals surface area contributed by atoms with Crippen LogP contribution in [0.5, 0.6) is 0 Å². The molecule has 1 aliphatic rings. The summed E-state index contributed by atoms with van der Waals surface area (Å²) in [5.41, 5.74) is 0. The zero-order chi connectivity index (χ0) is 10.6. The van der Waals surface area contributed by atoms with E-state index in [0.717, 1.165) is 0 Å². The highest BCUT2D eigenvalue weighted by Gasteiger charge is 2.28. The first-order valence-electron chi connectivity index (χ1n) is 4.33. The maximum atomic E-state index is 11.2. The lowest BCUT2D eigenvalue weighted by Gasteiger charge is -2.30. The quantitative estimate of drug-likeness (QED) is 0.564. The van der Waals surface area contributed by atoms with Gasteiger partial charge in [0, 0.05) is 13.1 Å². The van der Waals surface area contributed by atoms with Crippen LogP contribution in [0.3, 0.4) is 0 Å². The van der Waals surface area contributed by atoms with Crippen molar-refractivity contribution >= 4 is 12.1 Å². The minimum absolute atomic E-state index is 0.291. The van der Waals surface area contributed by atoms with Gasteiger partial charge >= 0.3 is 12.1 Å². The Bertz CT molecular complexity index is 209. The summed E-state index contributed by atoms with van der Waals surface area (Å²) in [6, 6.07) is -0.451. The number of hydrogen-bond donors (Lipinski definition) is 1. The minimum atomic E-state index is -0.451. The van der Waals surface area contributed by atoms with Gasteiger partial charge in [0.1, 0.15) is 6.04 Å². The number of carbonyl (C=O) groups excluding carboxylic acids is 2. The molecule has 0 bridgehead atoms. The fourth-order valence-corrected chi connectivity index (χ4v) is 1.35. The van der Waals surface area contributed by atoms with Crippen molar-refractivity contribution in [2.24, 2.45) is 0 Å². The van der Waals surface area contributed by atoms with Crippen molar-refractivity contribution in [3.05, 3.63) is 0 Å². The van der Waals surface area contributed by atoms with Gasteiger partial charge in [-0.3, -0.25) is 4.79 Å². The molecule has 0 unspecified atom stereocenters. The number of carbonyl (C=O) groups is 2. The smallest absolute Gasteiger partial charge is 0.409 e. The molecule has 1 amide bonds. The van der Waals surface area contributed by atoms with Crippen LogP contribution < -0.4 is 5.32 Å². The maximum Gasteiger partial charge on any atom is 0.409 e. The third kappa shape index (κ3) is 2.35. The van der Waals surface area contributed by atoms with E-state index in [2.05, 4.69) is 14.8 Å². The number of nitrogens with one attached hydrogen (secondary N) is 1. The molecular weight excluding hydrogens is 188 g/mol. The zero-order valence-electron chi connectivity index (χ0n) is 8.28. The number of esters is 1. The second kappa shape index (κ2) is 4.80. The van der Waals surface area contributed by atoms with Crippen molar-refractivity contribution in [1.29, 1.82) is 0 Å². The van der Waals surface area contributed by atoms with Crippen molar-refractivity contribution in [3.8, 4) is 0 Å². The molecule has 80 valence electrons. The van der Waals surface area contributed by atoms with Crippen molar-refractivity contribution in [3.63, 3.8) is 0 Å². The van der Waals surface area contributed by atoms with Crippen LogP contribution in [0.15, 0.2) is 0 Å². The summed E-state index contributed by atoms with van der Waals surface area (Å²) in [7, 11) is 2.64. The van der Waals surface area contributed by atoms with E-state index in [4.69, 9.17) is 0 Å². The molecule has 1 fully saturated rings. The molecule has 1 saturated heterocycles. The summed E-state index contributed by atoms with van der Waals surface area (Å²) in [6.45, 7) is 1.40. The van der Waals surface area contributed by atoms with Gasteiger partial charge in [-0.05, 0) is 0 Å². The summed E-state index contributed by atoms with van der Waals surface area (Å²) in [4.78, 5) is 23.8. The predicted molar refractivity (Wildman–Crippen MR) is 47.8 cm³/mol. The number of amides is 1. The molecule has 0 radical (unpaired) electrons. The Morgan fingerprint density at radius 1 is 1.36 bits per heavy atom. The van der Waals surface area contributed by atoms with Crippen molar-refractivity contribution < 1.29 is 19.1 Å². The molecule has 0 aromatic rings. The maximum absolute atomic E-state index is 11.2. The monoisotopic (exact) mass is 202 g/mol. The number of rotatable bonds is 1. The largest absolute Gasteiger partial charge is 0.468 e. The van der Waals surface area contributed by atoms with Gasteiger partial charge in [-0.25, -0.2) is 4.79 Å². The van der Waals surface area contributed by atoms with E-state index in [9.17, 15) is 9.59 Å². The highest BCUT2D eigenvalue weighted by atomic mass is 16.5. The Labute approximate surface area is 82.1 Å². The SMILES string of the molecule is COC(=O)[C@H]1CN(C(=O)OC)CCN1. The van der Waals surface area contributed by atoms with Gasteiger partial charge in [-0.1, -0.05) is 0 Å². The first-order chi connectivity index (χ1) is 6.69. The van der Waals surface area contributed by atoms with Crippen LogP contribution in [-0.2, 0) is 14.3 Å².